The van der Waals surface area contributed by atoms with Gasteiger partial charge in [-0.2, -0.15) is 0 Å². The molecule has 4 heterocycles. The molecule has 5 heteroatoms. The molecule has 5 nitrogen and oxygen atoms in total. The van der Waals surface area contributed by atoms with Crippen LogP contribution in [0.4, 0.5) is 0 Å². The second-order valence-electron chi connectivity index (χ2n) is 7.31. The Hall–Kier alpha value is -3.86. The summed E-state index contributed by atoms with van der Waals surface area (Å²) in [4.78, 5) is 18.1. The van der Waals surface area contributed by atoms with Crippen molar-refractivity contribution >= 4 is 5.65 Å². The van der Waals surface area contributed by atoms with Crippen molar-refractivity contribution in [2.75, 3.05) is 0 Å². The Labute approximate surface area is 175 Å². The highest BCUT2D eigenvalue weighted by atomic mass is 15.0. The summed E-state index contributed by atoms with van der Waals surface area (Å²) >= 11 is 0. The second-order valence-corrected chi connectivity index (χ2v) is 7.31. The predicted octanol–water partition coefficient (Wildman–Crippen LogP) is 4.95. The molecule has 0 radical (unpaired) electrons. The molecule has 4 aromatic heterocycles. The van der Waals surface area contributed by atoms with Crippen LogP contribution in [0.5, 0.6) is 0 Å². The molecule has 5 aromatic rings. The molecular formula is C25H21N5. The standard InChI is InChI=1S/C25H21N5/c1-18-15-21(11-12-26-18)22-9-7-19(16-28-22)8-10-23-25-29-17-24(30(25)14-13-27-23)20-5-3-2-4-6-20/h2-7,9,11-17H,8,10H2,1H3. The lowest BCUT2D eigenvalue weighted by atomic mass is 10.1. The molecule has 0 bridgehead atoms. The van der Waals surface area contributed by atoms with Crippen LogP contribution in [0.15, 0.2) is 85.6 Å². The van der Waals surface area contributed by atoms with E-state index in [2.05, 4.69) is 54.7 Å². The van der Waals surface area contributed by atoms with E-state index in [4.69, 9.17) is 0 Å². The fraction of sp³-hybridized carbons (Fsp3) is 0.120. The number of hydrogen-bond acceptors (Lipinski definition) is 4. The number of benzene rings is 1. The molecule has 0 spiro atoms. The zero-order valence-corrected chi connectivity index (χ0v) is 16.7. The van der Waals surface area contributed by atoms with Crippen molar-refractivity contribution in [1.29, 1.82) is 0 Å². The summed E-state index contributed by atoms with van der Waals surface area (Å²) < 4.78 is 2.12. The fourth-order valence-corrected chi connectivity index (χ4v) is 3.68. The van der Waals surface area contributed by atoms with Crippen molar-refractivity contribution < 1.29 is 0 Å². The average molecular weight is 391 g/mol. The Bertz CT molecular complexity index is 1290. The minimum absolute atomic E-state index is 0.810. The number of aromatic nitrogens is 5. The zero-order chi connectivity index (χ0) is 20.3. The van der Waals surface area contributed by atoms with Crippen molar-refractivity contribution in [3.05, 3.63) is 103 Å². The first-order chi connectivity index (χ1) is 14.8. The fourth-order valence-electron chi connectivity index (χ4n) is 3.68. The minimum atomic E-state index is 0.810. The molecule has 146 valence electrons. The summed E-state index contributed by atoms with van der Waals surface area (Å²) in [5.74, 6) is 0. The van der Waals surface area contributed by atoms with Crippen molar-refractivity contribution in [3.63, 3.8) is 0 Å². The Morgan fingerprint density at radius 3 is 2.47 bits per heavy atom. The molecule has 30 heavy (non-hydrogen) atoms. The number of pyridine rings is 2. The van der Waals surface area contributed by atoms with Crippen LogP contribution in [0, 0.1) is 6.92 Å². The second kappa shape index (κ2) is 7.87. The predicted molar refractivity (Wildman–Crippen MR) is 118 cm³/mol. The number of fused-ring (bicyclic) bond motifs is 1. The van der Waals surface area contributed by atoms with E-state index in [1.54, 1.807) is 0 Å². The number of aryl methyl sites for hydroxylation is 3. The number of imidazole rings is 1. The summed E-state index contributed by atoms with van der Waals surface area (Å²) in [6, 6.07) is 18.6. The van der Waals surface area contributed by atoms with Gasteiger partial charge in [-0.1, -0.05) is 36.4 Å². The Morgan fingerprint density at radius 2 is 1.67 bits per heavy atom. The van der Waals surface area contributed by atoms with Gasteiger partial charge in [0.2, 0.25) is 0 Å². The molecule has 0 amide bonds. The lowest BCUT2D eigenvalue weighted by Crippen LogP contribution is -2.00. The maximum absolute atomic E-state index is 4.65. The third kappa shape index (κ3) is 3.57. The third-order valence-electron chi connectivity index (χ3n) is 5.24. The third-order valence-corrected chi connectivity index (χ3v) is 5.24. The van der Waals surface area contributed by atoms with Crippen LogP contribution in [0.1, 0.15) is 17.0 Å². The minimum Gasteiger partial charge on any atom is -0.297 e. The zero-order valence-electron chi connectivity index (χ0n) is 16.7. The van der Waals surface area contributed by atoms with Gasteiger partial charge in [-0.3, -0.25) is 19.4 Å². The van der Waals surface area contributed by atoms with E-state index in [0.29, 0.717) is 0 Å². The van der Waals surface area contributed by atoms with E-state index in [-0.39, 0.29) is 0 Å². The van der Waals surface area contributed by atoms with Gasteiger partial charge in [-0.25, -0.2) is 4.98 Å². The summed E-state index contributed by atoms with van der Waals surface area (Å²) in [6.07, 6.45) is 11.2. The van der Waals surface area contributed by atoms with Gasteiger partial charge in [-0.15, -0.1) is 0 Å². The maximum atomic E-state index is 4.65. The molecule has 0 aliphatic carbocycles. The molecule has 5 rings (SSSR count). The van der Waals surface area contributed by atoms with Gasteiger partial charge < -0.3 is 0 Å². The van der Waals surface area contributed by atoms with Crippen molar-refractivity contribution in [3.8, 4) is 22.5 Å². The quantitative estimate of drug-likeness (QED) is 0.425. The first kappa shape index (κ1) is 18.2. The van der Waals surface area contributed by atoms with E-state index < -0.39 is 0 Å². The first-order valence-corrected chi connectivity index (χ1v) is 10.0. The van der Waals surface area contributed by atoms with Crippen LogP contribution >= 0.6 is 0 Å². The van der Waals surface area contributed by atoms with Gasteiger partial charge >= 0.3 is 0 Å². The first-order valence-electron chi connectivity index (χ1n) is 10.0. The molecule has 0 unspecified atom stereocenters. The molecule has 0 N–H and O–H groups in total. The summed E-state index contributed by atoms with van der Waals surface area (Å²) in [5, 5.41) is 0. The van der Waals surface area contributed by atoms with E-state index in [9.17, 15) is 0 Å². The van der Waals surface area contributed by atoms with Gasteiger partial charge in [0.15, 0.2) is 5.65 Å². The van der Waals surface area contributed by atoms with Gasteiger partial charge in [0.05, 0.1) is 23.3 Å². The van der Waals surface area contributed by atoms with Gasteiger partial charge in [0, 0.05) is 41.6 Å². The van der Waals surface area contributed by atoms with E-state index in [1.807, 2.05) is 62.2 Å². The molecular weight excluding hydrogens is 370 g/mol. The summed E-state index contributed by atoms with van der Waals surface area (Å²) in [5.41, 5.74) is 8.36. The largest absolute Gasteiger partial charge is 0.297 e. The number of hydrogen-bond donors (Lipinski definition) is 0. The SMILES string of the molecule is Cc1cc(-c2ccc(CCc3nccn4c(-c5ccccc5)cnc34)cn2)ccn1. The van der Waals surface area contributed by atoms with Gasteiger partial charge in [0.25, 0.3) is 0 Å². The molecule has 0 fully saturated rings. The number of rotatable bonds is 5. The van der Waals surface area contributed by atoms with Gasteiger partial charge in [-0.05, 0) is 43.5 Å². The average Bonchev–Trinajstić information content (AvgIpc) is 3.23. The monoisotopic (exact) mass is 391 g/mol. The Morgan fingerprint density at radius 1 is 0.767 bits per heavy atom. The van der Waals surface area contributed by atoms with Crippen LogP contribution < -0.4 is 0 Å². The molecule has 0 saturated carbocycles. The Kier molecular flexibility index (Phi) is 4.77. The highest BCUT2D eigenvalue weighted by molar-refractivity contribution is 5.64. The number of nitrogens with zero attached hydrogens (tertiary/aromatic N) is 5. The smallest absolute Gasteiger partial charge is 0.159 e. The molecule has 0 aliphatic heterocycles. The molecule has 0 aliphatic rings. The summed E-state index contributed by atoms with van der Waals surface area (Å²) in [7, 11) is 0. The summed E-state index contributed by atoms with van der Waals surface area (Å²) in [6.45, 7) is 1.99. The topological polar surface area (TPSA) is 56.0 Å². The van der Waals surface area contributed by atoms with Gasteiger partial charge in [0.1, 0.15) is 0 Å². The van der Waals surface area contributed by atoms with Crippen LogP contribution in [0.2, 0.25) is 0 Å². The van der Waals surface area contributed by atoms with E-state index >= 15 is 0 Å². The highest BCUT2D eigenvalue weighted by Gasteiger charge is 2.10. The van der Waals surface area contributed by atoms with Crippen LogP contribution in [0.3, 0.4) is 0 Å². The van der Waals surface area contributed by atoms with Crippen molar-refractivity contribution in [2.24, 2.45) is 0 Å². The van der Waals surface area contributed by atoms with E-state index in [0.717, 1.165) is 52.4 Å². The molecule has 1 aromatic carbocycles. The normalized spacial score (nSPS) is 11.1. The van der Waals surface area contributed by atoms with Crippen molar-refractivity contribution in [1.82, 2.24) is 24.3 Å². The molecule has 0 saturated heterocycles. The molecule has 0 atom stereocenters. The maximum Gasteiger partial charge on any atom is 0.159 e. The lowest BCUT2D eigenvalue weighted by Gasteiger charge is -2.06. The van der Waals surface area contributed by atoms with Crippen LogP contribution in [-0.4, -0.2) is 24.3 Å². The van der Waals surface area contributed by atoms with Crippen LogP contribution in [-0.2, 0) is 12.8 Å². The van der Waals surface area contributed by atoms with Crippen molar-refractivity contribution in [2.45, 2.75) is 19.8 Å². The van der Waals surface area contributed by atoms with E-state index in [1.165, 1.54) is 5.56 Å². The van der Waals surface area contributed by atoms with Crippen LogP contribution in [0.25, 0.3) is 28.2 Å². The Balaban J connectivity index is 1.36. The lowest BCUT2D eigenvalue weighted by molar-refractivity contribution is 0.897. The highest BCUT2D eigenvalue weighted by Crippen LogP contribution is 2.22.